The number of hydrogen-bond donors (Lipinski definition) is 0. The molecule has 0 bridgehead atoms. The summed E-state index contributed by atoms with van der Waals surface area (Å²) in [6.45, 7) is 0. The van der Waals surface area contributed by atoms with Gasteiger partial charge in [-0.3, -0.25) is 4.79 Å². The zero-order valence-corrected chi connectivity index (χ0v) is 15.5. The maximum absolute atomic E-state index is 12.6. The third kappa shape index (κ3) is 4.34. The highest BCUT2D eigenvalue weighted by Gasteiger charge is 2.29. The van der Waals surface area contributed by atoms with Gasteiger partial charge in [0.1, 0.15) is 17.3 Å². The molecule has 2 aromatic rings. The Kier molecular flexibility index (Phi) is 6.11. The lowest BCUT2D eigenvalue weighted by molar-refractivity contribution is -0.124. The molecule has 0 amide bonds. The normalized spacial score (nSPS) is 18.7. The van der Waals surface area contributed by atoms with E-state index in [-0.39, 0.29) is 11.8 Å². The van der Waals surface area contributed by atoms with E-state index in [0.717, 1.165) is 41.9 Å². The molecule has 3 rings (SSSR count). The fourth-order valence-electron chi connectivity index (χ4n) is 3.62. The first-order valence-electron chi connectivity index (χ1n) is 9.20. The van der Waals surface area contributed by atoms with Crippen molar-refractivity contribution >= 4 is 11.9 Å². The summed E-state index contributed by atoms with van der Waals surface area (Å²) in [6, 6.07) is 16.1. The van der Waals surface area contributed by atoms with Crippen LogP contribution in [0.2, 0.25) is 0 Å². The van der Waals surface area contributed by atoms with Gasteiger partial charge in [0.2, 0.25) is 0 Å². The zero-order chi connectivity index (χ0) is 18.4. The van der Waals surface area contributed by atoms with Crippen molar-refractivity contribution in [2.75, 3.05) is 14.2 Å². The van der Waals surface area contributed by atoms with Crippen molar-refractivity contribution in [3.63, 3.8) is 0 Å². The lowest BCUT2D eigenvalue weighted by Gasteiger charge is -2.27. The second-order valence-electron chi connectivity index (χ2n) is 6.75. The van der Waals surface area contributed by atoms with E-state index < -0.39 is 0 Å². The Morgan fingerprint density at radius 3 is 2.12 bits per heavy atom. The summed E-state index contributed by atoms with van der Waals surface area (Å²) < 4.78 is 10.5. The van der Waals surface area contributed by atoms with Gasteiger partial charge in [0.25, 0.3) is 0 Å². The Balaban J connectivity index is 1.88. The Morgan fingerprint density at radius 1 is 0.923 bits per heavy atom. The first kappa shape index (κ1) is 18.2. The van der Waals surface area contributed by atoms with Crippen LogP contribution in [0, 0.1) is 5.92 Å². The van der Waals surface area contributed by atoms with Crippen LogP contribution in [0.3, 0.4) is 0 Å². The molecule has 1 fully saturated rings. The van der Waals surface area contributed by atoms with Gasteiger partial charge >= 0.3 is 0 Å². The van der Waals surface area contributed by atoms with Gasteiger partial charge in [-0.1, -0.05) is 42.8 Å². The van der Waals surface area contributed by atoms with Crippen molar-refractivity contribution in [3.8, 4) is 11.5 Å². The van der Waals surface area contributed by atoms with E-state index in [0.29, 0.717) is 12.2 Å². The van der Waals surface area contributed by atoms with Crippen LogP contribution in [-0.2, 0) is 4.79 Å². The second-order valence-corrected chi connectivity index (χ2v) is 6.75. The molecular formula is C23H26O3. The molecule has 1 saturated carbocycles. The molecule has 136 valence electrons. The smallest absolute Gasteiger partial charge is 0.136 e. The zero-order valence-electron chi connectivity index (χ0n) is 15.5. The molecule has 0 aliphatic heterocycles. The number of carbonyl (C=O) groups excluding carboxylic acids is 1. The molecule has 1 aliphatic carbocycles. The van der Waals surface area contributed by atoms with Crippen LogP contribution < -0.4 is 9.47 Å². The largest absolute Gasteiger partial charge is 0.497 e. The highest BCUT2D eigenvalue weighted by molar-refractivity contribution is 5.83. The lowest BCUT2D eigenvalue weighted by Crippen LogP contribution is -2.24. The Bertz CT molecular complexity index is 744. The van der Waals surface area contributed by atoms with Crippen LogP contribution in [0.4, 0.5) is 0 Å². The van der Waals surface area contributed by atoms with Gasteiger partial charge in [0, 0.05) is 18.3 Å². The SMILES string of the molecule is COc1ccc(/C=C/C(c2ccc(OC)cc2)C2CCCCC2=O)cc1. The minimum absolute atomic E-state index is 0.0617. The summed E-state index contributed by atoms with van der Waals surface area (Å²) in [5, 5.41) is 0. The predicted octanol–water partition coefficient (Wildman–Crippen LogP) is 5.26. The van der Waals surface area contributed by atoms with Crippen LogP contribution in [0.5, 0.6) is 11.5 Å². The quantitative estimate of drug-likeness (QED) is 0.713. The summed E-state index contributed by atoms with van der Waals surface area (Å²) in [5.74, 6) is 2.22. The van der Waals surface area contributed by atoms with Gasteiger partial charge in [-0.05, 0) is 48.2 Å². The van der Waals surface area contributed by atoms with Crippen LogP contribution in [-0.4, -0.2) is 20.0 Å². The Morgan fingerprint density at radius 2 is 1.54 bits per heavy atom. The molecular weight excluding hydrogens is 324 g/mol. The molecule has 0 aromatic heterocycles. The van der Waals surface area contributed by atoms with Gasteiger partial charge in [0.05, 0.1) is 14.2 Å². The number of ether oxygens (including phenoxy) is 2. The number of allylic oxidation sites excluding steroid dienone is 1. The summed E-state index contributed by atoms with van der Waals surface area (Å²) >= 11 is 0. The number of carbonyl (C=O) groups is 1. The third-order valence-corrected chi connectivity index (χ3v) is 5.15. The highest BCUT2D eigenvalue weighted by Crippen LogP contribution is 2.36. The summed E-state index contributed by atoms with van der Waals surface area (Å²) in [5.41, 5.74) is 2.27. The van der Waals surface area contributed by atoms with Gasteiger partial charge in [-0.15, -0.1) is 0 Å². The number of methoxy groups -OCH3 is 2. The van der Waals surface area contributed by atoms with E-state index in [9.17, 15) is 4.79 Å². The second kappa shape index (κ2) is 8.70. The number of rotatable bonds is 6. The first-order valence-corrected chi connectivity index (χ1v) is 9.20. The van der Waals surface area contributed by atoms with Crippen LogP contribution in [0.25, 0.3) is 6.08 Å². The van der Waals surface area contributed by atoms with Crippen molar-refractivity contribution in [3.05, 3.63) is 65.7 Å². The number of hydrogen-bond acceptors (Lipinski definition) is 3. The van der Waals surface area contributed by atoms with Crippen molar-refractivity contribution < 1.29 is 14.3 Å². The maximum atomic E-state index is 12.6. The molecule has 2 aromatic carbocycles. The van der Waals surface area contributed by atoms with Crippen molar-refractivity contribution in [2.24, 2.45) is 5.92 Å². The molecule has 26 heavy (non-hydrogen) atoms. The van der Waals surface area contributed by atoms with Gasteiger partial charge in [-0.2, -0.15) is 0 Å². The minimum atomic E-state index is 0.0617. The molecule has 0 spiro atoms. The average molecular weight is 350 g/mol. The van der Waals surface area contributed by atoms with E-state index >= 15 is 0 Å². The van der Waals surface area contributed by atoms with Crippen LogP contribution in [0.1, 0.15) is 42.7 Å². The van der Waals surface area contributed by atoms with Gasteiger partial charge in [-0.25, -0.2) is 0 Å². The summed E-state index contributed by atoms with van der Waals surface area (Å²) in [4.78, 5) is 12.6. The van der Waals surface area contributed by atoms with E-state index in [4.69, 9.17) is 9.47 Å². The van der Waals surface area contributed by atoms with E-state index in [1.54, 1.807) is 14.2 Å². The predicted molar refractivity (Wildman–Crippen MR) is 105 cm³/mol. The van der Waals surface area contributed by atoms with E-state index in [2.05, 4.69) is 24.3 Å². The first-order chi connectivity index (χ1) is 12.7. The molecule has 3 nitrogen and oxygen atoms in total. The summed E-state index contributed by atoms with van der Waals surface area (Å²) in [6.07, 6.45) is 8.09. The fourth-order valence-corrected chi connectivity index (χ4v) is 3.62. The molecule has 3 heteroatoms. The monoisotopic (exact) mass is 350 g/mol. The molecule has 0 saturated heterocycles. The van der Waals surface area contributed by atoms with Crippen LogP contribution in [0.15, 0.2) is 54.6 Å². The van der Waals surface area contributed by atoms with Crippen molar-refractivity contribution in [2.45, 2.75) is 31.6 Å². The molecule has 2 atom stereocenters. The Labute approximate surface area is 155 Å². The summed E-state index contributed by atoms with van der Waals surface area (Å²) in [7, 11) is 3.33. The average Bonchev–Trinajstić information content (AvgIpc) is 2.70. The van der Waals surface area contributed by atoms with E-state index in [1.807, 2.05) is 36.4 Å². The third-order valence-electron chi connectivity index (χ3n) is 5.15. The number of ketones is 1. The van der Waals surface area contributed by atoms with Gasteiger partial charge < -0.3 is 9.47 Å². The molecule has 2 unspecified atom stereocenters. The molecule has 0 heterocycles. The number of benzene rings is 2. The highest BCUT2D eigenvalue weighted by atomic mass is 16.5. The van der Waals surface area contributed by atoms with Crippen LogP contribution >= 0.6 is 0 Å². The molecule has 0 N–H and O–H groups in total. The van der Waals surface area contributed by atoms with E-state index in [1.165, 1.54) is 0 Å². The Hall–Kier alpha value is -2.55. The molecule has 0 radical (unpaired) electrons. The maximum Gasteiger partial charge on any atom is 0.136 e. The minimum Gasteiger partial charge on any atom is -0.497 e. The fraction of sp³-hybridized carbons (Fsp3) is 0.348. The number of Topliss-reactive ketones (excluding diaryl/α,β-unsaturated/α-hetero) is 1. The molecule has 1 aliphatic rings. The van der Waals surface area contributed by atoms with Crippen molar-refractivity contribution in [1.29, 1.82) is 0 Å². The topological polar surface area (TPSA) is 35.5 Å². The van der Waals surface area contributed by atoms with Crippen molar-refractivity contribution in [1.82, 2.24) is 0 Å². The van der Waals surface area contributed by atoms with Gasteiger partial charge in [0.15, 0.2) is 0 Å². The lowest BCUT2D eigenvalue weighted by atomic mass is 9.75. The standard InChI is InChI=1S/C23H26O3/c1-25-19-12-7-17(8-13-19)9-16-21(22-5-3-4-6-23(22)24)18-10-14-20(26-2)15-11-18/h7-16,21-22H,3-6H2,1-2H3/b16-9+.